The van der Waals surface area contributed by atoms with E-state index in [2.05, 4.69) is 15.9 Å². The van der Waals surface area contributed by atoms with Crippen LogP contribution in [0, 0.1) is 12.7 Å². The van der Waals surface area contributed by atoms with Crippen LogP contribution in [0.2, 0.25) is 0 Å². The van der Waals surface area contributed by atoms with E-state index in [0.29, 0.717) is 10.5 Å². The van der Waals surface area contributed by atoms with Gasteiger partial charge in [-0.1, -0.05) is 30.3 Å². The normalized spacial score (nSPS) is 11.7. The molecule has 0 radical (unpaired) electrons. The topological polar surface area (TPSA) is 65.1 Å². The number of amides is 2. The predicted molar refractivity (Wildman–Crippen MR) is 125 cm³/mol. The summed E-state index contributed by atoms with van der Waals surface area (Å²) in [6.07, 6.45) is -2.10. The number of anilines is 1. The third-order valence-electron chi connectivity index (χ3n) is 4.00. The molecule has 0 saturated carbocycles. The van der Waals surface area contributed by atoms with Gasteiger partial charge in [0.2, 0.25) is 0 Å². The first kappa shape index (κ1) is 25.6. The van der Waals surface area contributed by atoms with E-state index in [-0.39, 0.29) is 22.5 Å². The van der Waals surface area contributed by atoms with Crippen LogP contribution in [0.3, 0.4) is 0 Å². The average Bonchev–Trinajstić information content (AvgIpc) is 2.64. The summed E-state index contributed by atoms with van der Waals surface area (Å²) in [5.74, 6) is -0.572. The van der Waals surface area contributed by atoms with Gasteiger partial charge in [0.1, 0.15) is 29.2 Å². The second-order valence-corrected chi connectivity index (χ2v) is 10.0. The molecule has 0 aliphatic heterocycles. The molecule has 0 fully saturated rings. The number of carbonyl (C=O) groups excluding carboxylic acids is 2. The van der Waals surface area contributed by atoms with E-state index in [1.165, 1.54) is 0 Å². The van der Waals surface area contributed by atoms with Crippen LogP contribution in [0.1, 0.15) is 52.7 Å². The largest absolute Gasteiger partial charge is 0.488 e. The Labute approximate surface area is 196 Å². The maximum absolute atomic E-state index is 15.3. The lowest BCUT2D eigenvalue weighted by Gasteiger charge is -2.29. The van der Waals surface area contributed by atoms with Gasteiger partial charge >= 0.3 is 12.2 Å². The summed E-state index contributed by atoms with van der Waals surface area (Å²) in [5, 5.41) is 0. The van der Waals surface area contributed by atoms with Crippen LogP contribution < -0.4 is 9.64 Å². The van der Waals surface area contributed by atoms with Gasteiger partial charge in [-0.3, -0.25) is 0 Å². The first-order chi connectivity index (χ1) is 14.7. The molecule has 0 saturated heterocycles. The van der Waals surface area contributed by atoms with Crippen LogP contribution in [0.5, 0.6) is 5.75 Å². The van der Waals surface area contributed by atoms with Crippen LogP contribution in [0.25, 0.3) is 0 Å². The van der Waals surface area contributed by atoms with Crippen molar-refractivity contribution < 1.29 is 28.2 Å². The lowest BCUT2D eigenvalue weighted by Crippen LogP contribution is -2.44. The van der Waals surface area contributed by atoms with Crippen LogP contribution in [-0.2, 0) is 16.1 Å². The van der Waals surface area contributed by atoms with E-state index in [1.807, 2.05) is 30.3 Å². The molecule has 0 aliphatic carbocycles. The third kappa shape index (κ3) is 6.95. The molecule has 8 heteroatoms. The number of carbonyl (C=O) groups is 2. The number of rotatable bonds is 4. The Kier molecular flexibility index (Phi) is 7.93. The first-order valence-corrected chi connectivity index (χ1v) is 10.9. The van der Waals surface area contributed by atoms with Crippen molar-refractivity contribution in [2.45, 2.75) is 66.3 Å². The van der Waals surface area contributed by atoms with Crippen LogP contribution in [0.15, 0.2) is 40.9 Å². The van der Waals surface area contributed by atoms with Crippen molar-refractivity contribution in [1.82, 2.24) is 0 Å². The highest BCUT2D eigenvalue weighted by Gasteiger charge is 2.36. The van der Waals surface area contributed by atoms with E-state index in [4.69, 9.17) is 14.2 Å². The zero-order valence-corrected chi connectivity index (χ0v) is 21.0. The highest BCUT2D eigenvalue weighted by molar-refractivity contribution is 9.10. The molecule has 0 heterocycles. The molecule has 32 heavy (non-hydrogen) atoms. The number of imide groups is 1. The third-order valence-corrected chi connectivity index (χ3v) is 4.97. The van der Waals surface area contributed by atoms with E-state index >= 15 is 4.39 Å². The maximum Gasteiger partial charge on any atom is 0.424 e. The smallest absolute Gasteiger partial charge is 0.424 e. The summed E-state index contributed by atoms with van der Waals surface area (Å²) in [7, 11) is 0. The lowest BCUT2D eigenvalue weighted by molar-refractivity contribution is 0.0428. The molecule has 0 bridgehead atoms. The lowest BCUT2D eigenvalue weighted by atomic mass is 10.1. The minimum atomic E-state index is -1.05. The quantitative estimate of drug-likeness (QED) is 0.437. The maximum atomic E-state index is 15.3. The van der Waals surface area contributed by atoms with E-state index in [1.54, 1.807) is 48.5 Å². The summed E-state index contributed by atoms with van der Waals surface area (Å²) in [6, 6.07) is 10.6. The van der Waals surface area contributed by atoms with Gasteiger partial charge in [-0.2, -0.15) is 4.90 Å². The Morgan fingerprint density at radius 1 is 0.969 bits per heavy atom. The minimum Gasteiger partial charge on any atom is -0.488 e. The zero-order chi connectivity index (χ0) is 24.3. The van der Waals surface area contributed by atoms with E-state index < -0.39 is 29.2 Å². The molecule has 174 valence electrons. The number of hydrogen-bond donors (Lipinski definition) is 0. The highest BCUT2D eigenvalue weighted by atomic mass is 79.9. The van der Waals surface area contributed by atoms with E-state index in [9.17, 15) is 9.59 Å². The Morgan fingerprint density at radius 3 is 1.94 bits per heavy atom. The van der Waals surface area contributed by atoms with Gasteiger partial charge in [-0.15, -0.1) is 0 Å². The fraction of sp³-hybridized carbons (Fsp3) is 0.417. The van der Waals surface area contributed by atoms with Gasteiger partial charge in [-0.05, 0) is 70.0 Å². The van der Waals surface area contributed by atoms with Gasteiger partial charge in [0.05, 0.1) is 4.47 Å². The van der Waals surface area contributed by atoms with Crippen LogP contribution >= 0.6 is 15.9 Å². The Hall–Kier alpha value is -2.61. The number of benzene rings is 2. The Balaban J connectivity index is 2.47. The number of halogens is 2. The fourth-order valence-electron chi connectivity index (χ4n) is 2.64. The van der Waals surface area contributed by atoms with Crippen molar-refractivity contribution in [2.24, 2.45) is 0 Å². The van der Waals surface area contributed by atoms with E-state index in [0.717, 1.165) is 11.6 Å². The number of ether oxygens (including phenoxy) is 3. The van der Waals surface area contributed by atoms with Crippen molar-refractivity contribution in [1.29, 1.82) is 0 Å². The summed E-state index contributed by atoms with van der Waals surface area (Å²) in [4.78, 5) is 26.3. The van der Waals surface area contributed by atoms with Crippen molar-refractivity contribution >= 4 is 33.8 Å². The summed E-state index contributed by atoms with van der Waals surface area (Å²) >= 11 is 3.33. The molecule has 0 aromatic heterocycles. The number of nitrogens with zero attached hydrogens (tertiary/aromatic N) is 1. The average molecular weight is 510 g/mol. The molecule has 0 N–H and O–H groups in total. The van der Waals surface area contributed by atoms with Crippen molar-refractivity contribution in [3.8, 4) is 5.75 Å². The summed E-state index contributed by atoms with van der Waals surface area (Å²) in [6.45, 7) is 11.8. The van der Waals surface area contributed by atoms with Crippen molar-refractivity contribution in [3.63, 3.8) is 0 Å². The van der Waals surface area contributed by atoms with Gasteiger partial charge in [0.15, 0.2) is 5.82 Å². The molecule has 2 amide bonds. The second-order valence-electron chi connectivity index (χ2n) is 9.21. The molecule has 0 spiro atoms. The number of hydrogen-bond acceptors (Lipinski definition) is 5. The van der Waals surface area contributed by atoms with Crippen molar-refractivity contribution in [3.05, 3.63) is 57.8 Å². The Morgan fingerprint density at radius 2 is 1.47 bits per heavy atom. The van der Waals surface area contributed by atoms with Gasteiger partial charge in [-0.25, -0.2) is 14.0 Å². The first-order valence-electron chi connectivity index (χ1n) is 10.1. The summed E-state index contributed by atoms with van der Waals surface area (Å²) < 4.78 is 31.9. The molecule has 2 aromatic rings. The zero-order valence-electron chi connectivity index (χ0n) is 19.4. The molecule has 2 rings (SSSR count). The van der Waals surface area contributed by atoms with Gasteiger partial charge in [0, 0.05) is 11.6 Å². The SMILES string of the molecule is Cc1c(OCc2ccccc2)cc(F)c(N(C(=O)OC(C)(C)C)C(=O)OC(C)(C)C)c1Br. The minimum absolute atomic E-state index is 0.178. The molecule has 2 aromatic carbocycles. The van der Waals surface area contributed by atoms with Crippen molar-refractivity contribution in [2.75, 3.05) is 4.90 Å². The molecule has 0 aliphatic rings. The standard InChI is InChI=1S/C24H29BrFNO5/c1-15-18(30-14-16-11-9-8-10-12-16)13-17(26)20(19(15)25)27(21(28)31-23(2,3)4)22(29)32-24(5,6)7/h8-13H,14H2,1-7H3. The second kappa shape index (κ2) is 9.90. The Bertz CT molecular complexity index is 953. The highest BCUT2D eigenvalue weighted by Crippen LogP contribution is 2.39. The molecular formula is C24H29BrFNO5. The predicted octanol–water partition coefficient (Wildman–Crippen LogP) is 7.15. The fourth-order valence-corrected chi connectivity index (χ4v) is 3.21. The van der Waals surface area contributed by atoms with Crippen LogP contribution in [-0.4, -0.2) is 23.4 Å². The molecule has 0 atom stereocenters. The molecule has 6 nitrogen and oxygen atoms in total. The summed E-state index contributed by atoms with van der Waals surface area (Å²) in [5.41, 5.74) is -0.702. The van der Waals surface area contributed by atoms with Gasteiger partial charge in [0.25, 0.3) is 0 Å². The monoisotopic (exact) mass is 509 g/mol. The molecular weight excluding hydrogens is 481 g/mol. The molecule has 0 unspecified atom stereocenters. The van der Waals surface area contributed by atoms with Crippen LogP contribution in [0.4, 0.5) is 19.7 Å². The van der Waals surface area contributed by atoms with Gasteiger partial charge < -0.3 is 14.2 Å².